The van der Waals surface area contributed by atoms with Crippen molar-refractivity contribution >= 4 is 17.9 Å². The van der Waals surface area contributed by atoms with Crippen LogP contribution in [0, 0.1) is 5.41 Å². The molecule has 0 rings (SSSR count). The van der Waals surface area contributed by atoms with Crippen molar-refractivity contribution in [2.75, 3.05) is 0 Å². The maximum absolute atomic E-state index is 14.8. The smallest absolute Gasteiger partial charge is 0.396 e. The summed E-state index contributed by atoms with van der Waals surface area (Å²) in [4.78, 5) is 34.3. The van der Waals surface area contributed by atoms with Crippen molar-refractivity contribution in [3.8, 4) is 0 Å². The standard InChI is InChI=1S/C18H15F11O6/c1-7(2)10(30)33-16(24,25)13(14(19,20)15(21,22)23,17(26,27)34-11(31)8(3)4)18(28,29)35-12(32)9(5)6/h1,3,5H2,2,4,6H3. The molecule has 0 amide bonds. The van der Waals surface area contributed by atoms with E-state index in [1.165, 1.54) is 0 Å². The Hall–Kier alpha value is -3.14. The number of esters is 3. The third-order valence-corrected chi connectivity index (χ3v) is 3.84. The van der Waals surface area contributed by atoms with Crippen LogP contribution in [0.2, 0.25) is 0 Å². The highest BCUT2D eigenvalue weighted by Crippen LogP contribution is 2.69. The van der Waals surface area contributed by atoms with Crippen LogP contribution in [-0.4, -0.2) is 48.3 Å². The van der Waals surface area contributed by atoms with Gasteiger partial charge in [0.05, 0.1) is 0 Å². The zero-order chi connectivity index (χ0) is 28.6. The number of carbonyl (C=O) groups excluding carboxylic acids is 3. The highest BCUT2D eigenvalue weighted by molar-refractivity contribution is 5.88. The minimum Gasteiger partial charge on any atom is -0.396 e. The Kier molecular flexibility index (Phi) is 8.63. The fourth-order valence-corrected chi connectivity index (χ4v) is 2.11. The second-order valence-corrected chi connectivity index (χ2v) is 6.88. The van der Waals surface area contributed by atoms with E-state index in [1.54, 1.807) is 0 Å². The topological polar surface area (TPSA) is 78.9 Å². The Morgan fingerprint density at radius 1 is 0.514 bits per heavy atom. The van der Waals surface area contributed by atoms with Gasteiger partial charge in [0.15, 0.2) is 0 Å². The predicted octanol–water partition coefficient (Wildman–Crippen LogP) is 5.31. The van der Waals surface area contributed by atoms with Crippen molar-refractivity contribution < 1.29 is 76.9 Å². The number of carbonyl (C=O) groups is 3. The van der Waals surface area contributed by atoms with Gasteiger partial charge in [0.25, 0.3) is 0 Å². The lowest BCUT2D eigenvalue weighted by atomic mass is 9.75. The van der Waals surface area contributed by atoms with E-state index in [1.807, 2.05) is 0 Å². The van der Waals surface area contributed by atoms with E-state index in [9.17, 15) is 62.7 Å². The van der Waals surface area contributed by atoms with E-state index in [0.29, 0.717) is 20.8 Å². The van der Waals surface area contributed by atoms with Crippen molar-refractivity contribution in [1.82, 2.24) is 0 Å². The average molecular weight is 536 g/mol. The molecule has 0 fully saturated rings. The summed E-state index contributed by atoms with van der Waals surface area (Å²) in [6, 6.07) is 0. The van der Waals surface area contributed by atoms with Crippen LogP contribution in [0.4, 0.5) is 48.3 Å². The molecule has 0 radical (unpaired) electrons. The number of hydrogen-bond donors (Lipinski definition) is 0. The summed E-state index contributed by atoms with van der Waals surface area (Å²) in [6.07, 6.45) is -29.7. The molecule has 17 heteroatoms. The number of halogens is 11. The van der Waals surface area contributed by atoms with Crippen LogP contribution in [0.25, 0.3) is 0 Å². The summed E-state index contributed by atoms with van der Waals surface area (Å²) in [6.45, 7) is 9.17. The quantitative estimate of drug-likeness (QED) is 0.163. The van der Waals surface area contributed by atoms with Gasteiger partial charge in [0.2, 0.25) is 0 Å². The molecule has 0 atom stereocenters. The molecule has 0 aliphatic rings. The molecule has 0 heterocycles. The van der Waals surface area contributed by atoms with Crippen molar-refractivity contribution in [3.05, 3.63) is 36.5 Å². The van der Waals surface area contributed by atoms with Crippen LogP contribution < -0.4 is 0 Å². The Bertz CT molecular complexity index is 836. The molecule has 0 aliphatic heterocycles. The van der Waals surface area contributed by atoms with Crippen LogP contribution in [0.3, 0.4) is 0 Å². The van der Waals surface area contributed by atoms with Crippen LogP contribution in [0.15, 0.2) is 36.5 Å². The van der Waals surface area contributed by atoms with Crippen molar-refractivity contribution in [3.63, 3.8) is 0 Å². The molecule has 6 nitrogen and oxygen atoms in total. The molecule has 0 saturated heterocycles. The van der Waals surface area contributed by atoms with Gasteiger partial charge >= 0.3 is 53.7 Å². The number of ether oxygens (including phenoxy) is 3. The molecule has 0 saturated carbocycles. The molecule has 0 aromatic carbocycles. The third kappa shape index (κ3) is 5.42. The average Bonchev–Trinajstić information content (AvgIpc) is 2.57. The Morgan fingerprint density at radius 2 is 0.714 bits per heavy atom. The van der Waals surface area contributed by atoms with E-state index in [4.69, 9.17) is 0 Å². The van der Waals surface area contributed by atoms with E-state index < -0.39 is 70.5 Å². The molecule has 0 aromatic heterocycles. The van der Waals surface area contributed by atoms with E-state index in [2.05, 4.69) is 33.9 Å². The van der Waals surface area contributed by atoms with Crippen LogP contribution in [0.1, 0.15) is 20.8 Å². The zero-order valence-electron chi connectivity index (χ0n) is 17.7. The number of alkyl halides is 11. The summed E-state index contributed by atoms with van der Waals surface area (Å²) >= 11 is 0. The predicted molar refractivity (Wildman–Crippen MR) is 91.0 cm³/mol. The minimum atomic E-state index is -8.05. The Labute approximate surface area is 189 Å². The van der Waals surface area contributed by atoms with E-state index >= 15 is 0 Å². The lowest BCUT2D eigenvalue weighted by Crippen LogP contribution is -2.77. The zero-order valence-corrected chi connectivity index (χ0v) is 17.7. The normalized spacial score (nSPS) is 13.5. The summed E-state index contributed by atoms with van der Waals surface area (Å²) < 4.78 is 166. The molecular formula is C18H15F11O6. The Morgan fingerprint density at radius 3 is 0.857 bits per heavy atom. The summed E-state index contributed by atoms with van der Waals surface area (Å²) in [5, 5.41) is 0. The molecule has 0 bridgehead atoms. The van der Waals surface area contributed by atoms with Crippen LogP contribution >= 0.6 is 0 Å². The second kappa shape index (κ2) is 9.49. The fraction of sp³-hybridized carbons (Fsp3) is 0.500. The van der Waals surface area contributed by atoms with Gasteiger partial charge in [-0.1, -0.05) is 19.7 Å². The van der Waals surface area contributed by atoms with Crippen LogP contribution in [0.5, 0.6) is 0 Å². The van der Waals surface area contributed by atoms with Gasteiger partial charge in [-0.25, -0.2) is 14.4 Å². The highest BCUT2D eigenvalue weighted by atomic mass is 19.4. The minimum absolute atomic E-state index is 0.445. The first-order valence-corrected chi connectivity index (χ1v) is 8.48. The first-order valence-electron chi connectivity index (χ1n) is 8.48. The summed E-state index contributed by atoms with van der Waals surface area (Å²) in [7, 11) is 0. The maximum Gasteiger partial charge on any atom is 0.455 e. The molecule has 0 N–H and O–H groups in total. The SMILES string of the molecule is C=C(C)C(=O)OC(F)(F)C(C(F)(F)OC(=O)C(=C)C)(C(F)(F)OC(=O)C(=C)C)C(F)(F)C(F)(F)F. The lowest BCUT2D eigenvalue weighted by Gasteiger charge is -2.48. The van der Waals surface area contributed by atoms with Crippen molar-refractivity contribution in [1.29, 1.82) is 0 Å². The van der Waals surface area contributed by atoms with Gasteiger partial charge in [-0.05, 0) is 20.8 Å². The highest BCUT2D eigenvalue weighted by Gasteiger charge is 3.00. The summed E-state index contributed by atoms with van der Waals surface area (Å²) in [5.41, 5.74) is -11.6. The number of hydrogen-bond acceptors (Lipinski definition) is 6. The summed E-state index contributed by atoms with van der Waals surface area (Å²) in [5.74, 6) is -16.2. The molecule has 0 aromatic rings. The largest absolute Gasteiger partial charge is 0.455 e. The van der Waals surface area contributed by atoms with Crippen molar-refractivity contribution in [2.24, 2.45) is 5.41 Å². The van der Waals surface area contributed by atoms with Gasteiger partial charge in [-0.15, -0.1) is 0 Å². The third-order valence-electron chi connectivity index (χ3n) is 3.84. The van der Waals surface area contributed by atoms with Gasteiger partial charge in [-0.3, -0.25) is 0 Å². The molecule has 0 aliphatic carbocycles. The monoisotopic (exact) mass is 536 g/mol. The van der Waals surface area contributed by atoms with Gasteiger partial charge in [0.1, 0.15) is 0 Å². The first-order chi connectivity index (χ1) is 15.2. The molecule has 200 valence electrons. The molecule has 0 unspecified atom stereocenters. The van der Waals surface area contributed by atoms with Crippen molar-refractivity contribution in [2.45, 2.75) is 51.2 Å². The second-order valence-electron chi connectivity index (χ2n) is 6.88. The molecule has 0 spiro atoms. The van der Waals surface area contributed by atoms with Crippen LogP contribution in [-0.2, 0) is 28.6 Å². The maximum atomic E-state index is 14.8. The number of rotatable bonds is 10. The van der Waals surface area contributed by atoms with E-state index in [0.717, 1.165) is 0 Å². The van der Waals surface area contributed by atoms with Gasteiger partial charge in [0, 0.05) is 16.7 Å². The Balaban J connectivity index is 7.95. The van der Waals surface area contributed by atoms with Gasteiger partial charge < -0.3 is 14.2 Å². The van der Waals surface area contributed by atoms with Gasteiger partial charge in [-0.2, -0.15) is 48.3 Å². The lowest BCUT2D eigenvalue weighted by molar-refractivity contribution is -0.536. The molecular weight excluding hydrogens is 521 g/mol. The fourth-order valence-electron chi connectivity index (χ4n) is 2.11. The molecule has 35 heavy (non-hydrogen) atoms. The van der Waals surface area contributed by atoms with E-state index in [-0.39, 0.29) is 0 Å². The first kappa shape index (κ1) is 31.9.